The predicted octanol–water partition coefficient (Wildman–Crippen LogP) is 4.82. The van der Waals surface area contributed by atoms with Crippen LogP contribution in [0.2, 0.25) is 0 Å². The van der Waals surface area contributed by atoms with Gasteiger partial charge in [0.2, 0.25) is 10.0 Å². The molecule has 0 saturated carbocycles. The molecule has 4 heteroatoms. The average molecular weight is 390 g/mol. The monoisotopic (exact) mass is 389 g/mol. The van der Waals surface area contributed by atoms with Crippen molar-refractivity contribution in [3.63, 3.8) is 0 Å². The molecule has 28 heavy (non-hydrogen) atoms. The topological polar surface area (TPSA) is 37.4 Å². The van der Waals surface area contributed by atoms with Gasteiger partial charge in [-0.3, -0.25) is 0 Å². The lowest BCUT2D eigenvalue weighted by Gasteiger charge is -2.40. The van der Waals surface area contributed by atoms with Crippen molar-refractivity contribution in [3.8, 4) is 0 Å². The molecule has 3 atom stereocenters. The first-order valence-corrected chi connectivity index (χ1v) is 11.2. The van der Waals surface area contributed by atoms with E-state index in [1.165, 1.54) is 16.7 Å². The molecule has 0 aromatic heterocycles. The number of aryl methyl sites for hydroxylation is 1. The van der Waals surface area contributed by atoms with Gasteiger partial charge in [-0.05, 0) is 47.2 Å². The summed E-state index contributed by atoms with van der Waals surface area (Å²) in [6, 6.07) is 23.8. The fourth-order valence-corrected chi connectivity index (χ4v) is 6.66. The Hall–Kier alpha value is -2.43. The molecular weight excluding hydrogens is 366 g/mol. The van der Waals surface area contributed by atoms with Crippen LogP contribution in [0.15, 0.2) is 77.7 Å². The van der Waals surface area contributed by atoms with Gasteiger partial charge in [-0.1, -0.05) is 73.2 Å². The van der Waals surface area contributed by atoms with Gasteiger partial charge in [0, 0.05) is 18.5 Å². The molecule has 0 fully saturated rings. The number of nitrogens with zero attached hydrogens (tertiary/aromatic N) is 1. The molecule has 5 rings (SSSR count). The summed E-state index contributed by atoms with van der Waals surface area (Å²) in [6.45, 7) is 4.56. The number of sulfonamides is 1. The van der Waals surface area contributed by atoms with Crippen molar-refractivity contribution >= 4 is 10.0 Å². The summed E-state index contributed by atoms with van der Waals surface area (Å²) in [6.07, 6.45) is 0. The van der Waals surface area contributed by atoms with Crippen molar-refractivity contribution in [2.24, 2.45) is 0 Å². The molecule has 0 bridgehead atoms. The largest absolute Gasteiger partial charge is 0.243 e. The molecule has 3 aromatic rings. The fraction of sp³-hybridized carbons (Fsp3) is 0.250. The first-order chi connectivity index (χ1) is 13.5. The number of fused-ring (bicyclic) bond motifs is 5. The van der Waals surface area contributed by atoms with E-state index in [-0.39, 0.29) is 17.9 Å². The van der Waals surface area contributed by atoms with Crippen LogP contribution in [-0.2, 0) is 16.6 Å². The van der Waals surface area contributed by atoms with Crippen molar-refractivity contribution in [3.05, 3.63) is 101 Å². The quantitative estimate of drug-likeness (QED) is 0.630. The molecule has 2 aliphatic rings. The smallest absolute Gasteiger partial charge is 0.207 e. The van der Waals surface area contributed by atoms with Crippen LogP contribution >= 0.6 is 0 Å². The van der Waals surface area contributed by atoms with Gasteiger partial charge >= 0.3 is 0 Å². The van der Waals surface area contributed by atoms with Gasteiger partial charge in [0.25, 0.3) is 0 Å². The van der Waals surface area contributed by atoms with Crippen LogP contribution in [0.1, 0.15) is 46.6 Å². The highest BCUT2D eigenvalue weighted by molar-refractivity contribution is 7.89. The minimum Gasteiger partial charge on any atom is -0.207 e. The van der Waals surface area contributed by atoms with E-state index in [0.29, 0.717) is 11.4 Å². The Balaban J connectivity index is 1.70. The lowest BCUT2D eigenvalue weighted by molar-refractivity contribution is 0.257. The van der Waals surface area contributed by atoms with Crippen LogP contribution in [0.4, 0.5) is 0 Å². The Labute approximate surface area is 166 Å². The van der Waals surface area contributed by atoms with E-state index in [2.05, 4.69) is 49.4 Å². The highest BCUT2D eigenvalue weighted by atomic mass is 32.2. The third-order valence-electron chi connectivity index (χ3n) is 6.35. The van der Waals surface area contributed by atoms with Crippen molar-refractivity contribution in [2.45, 2.75) is 43.2 Å². The average Bonchev–Trinajstić information content (AvgIpc) is 3.01. The molecule has 3 nitrogen and oxygen atoms in total. The molecule has 0 unspecified atom stereocenters. The van der Waals surface area contributed by atoms with Gasteiger partial charge in [-0.15, -0.1) is 0 Å². The summed E-state index contributed by atoms with van der Waals surface area (Å²) in [5.41, 5.74) is 5.94. The zero-order valence-corrected chi connectivity index (χ0v) is 16.9. The molecule has 0 radical (unpaired) electrons. The number of benzene rings is 3. The number of rotatable bonds is 2. The molecule has 142 valence electrons. The minimum atomic E-state index is -3.59. The second kappa shape index (κ2) is 6.29. The van der Waals surface area contributed by atoms with Crippen LogP contribution in [0.5, 0.6) is 0 Å². The molecule has 0 amide bonds. The normalized spacial score (nSPS) is 23.7. The Kier molecular flexibility index (Phi) is 3.97. The summed E-state index contributed by atoms with van der Waals surface area (Å²) in [4.78, 5) is 0.374. The van der Waals surface area contributed by atoms with E-state index in [1.807, 2.05) is 25.1 Å². The minimum absolute atomic E-state index is 0.0800. The third kappa shape index (κ3) is 2.48. The lowest BCUT2D eigenvalue weighted by Crippen LogP contribution is -2.46. The van der Waals surface area contributed by atoms with Crippen LogP contribution in [-0.4, -0.2) is 18.8 Å². The molecule has 3 aromatic carbocycles. The molecule has 1 aliphatic carbocycles. The SMILES string of the molecule is Cc1ccc(S(=O)(=O)N2Cc3ccccc3[C@@H]3c4ccccc4[C@@H](C)[C@@H]32)cc1. The van der Waals surface area contributed by atoms with E-state index >= 15 is 0 Å². The van der Waals surface area contributed by atoms with Gasteiger partial charge in [-0.2, -0.15) is 4.31 Å². The van der Waals surface area contributed by atoms with Crippen molar-refractivity contribution in [2.75, 3.05) is 0 Å². The van der Waals surface area contributed by atoms with Crippen molar-refractivity contribution < 1.29 is 8.42 Å². The van der Waals surface area contributed by atoms with E-state index in [9.17, 15) is 8.42 Å². The zero-order valence-electron chi connectivity index (χ0n) is 16.0. The number of hydrogen-bond acceptors (Lipinski definition) is 2. The summed E-state index contributed by atoms with van der Waals surface area (Å²) in [5, 5.41) is 0. The van der Waals surface area contributed by atoms with Crippen molar-refractivity contribution in [1.29, 1.82) is 0 Å². The van der Waals surface area contributed by atoms with Crippen LogP contribution in [0, 0.1) is 6.92 Å². The molecule has 0 N–H and O–H groups in total. The summed E-state index contributed by atoms with van der Waals surface area (Å²) < 4.78 is 29.1. The van der Waals surface area contributed by atoms with Crippen LogP contribution < -0.4 is 0 Å². The van der Waals surface area contributed by atoms with E-state index < -0.39 is 10.0 Å². The van der Waals surface area contributed by atoms with E-state index in [1.54, 1.807) is 16.4 Å². The first kappa shape index (κ1) is 17.7. The van der Waals surface area contributed by atoms with Gasteiger partial charge in [-0.25, -0.2) is 8.42 Å². The summed E-state index contributed by atoms with van der Waals surface area (Å²) in [5.74, 6) is 0.228. The maximum Gasteiger partial charge on any atom is 0.243 e. The van der Waals surface area contributed by atoms with Gasteiger partial charge in [0.1, 0.15) is 0 Å². The maximum absolute atomic E-state index is 13.7. The summed E-state index contributed by atoms with van der Waals surface area (Å²) >= 11 is 0. The second-order valence-electron chi connectivity index (χ2n) is 7.95. The maximum atomic E-state index is 13.7. The standard InChI is InChI=1S/C24H23NO2S/c1-16-11-13-19(14-12-16)28(26,27)25-15-18-7-3-4-9-21(18)23-22-10-6-5-8-20(22)17(2)24(23)25/h3-14,17,23-24H,15H2,1-2H3/t17-,23-,24+/m1/s1. The van der Waals surface area contributed by atoms with Gasteiger partial charge < -0.3 is 0 Å². The second-order valence-corrected chi connectivity index (χ2v) is 9.84. The van der Waals surface area contributed by atoms with Gasteiger partial charge in [0.05, 0.1) is 4.90 Å². The first-order valence-electron chi connectivity index (χ1n) is 9.73. The van der Waals surface area contributed by atoms with Gasteiger partial charge in [0.15, 0.2) is 0 Å². The Morgan fingerprint density at radius 3 is 2.14 bits per heavy atom. The highest BCUT2D eigenvalue weighted by Gasteiger charge is 2.49. The van der Waals surface area contributed by atoms with Crippen molar-refractivity contribution in [1.82, 2.24) is 4.31 Å². The Bertz CT molecular complexity index is 1150. The number of hydrogen-bond donors (Lipinski definition) is 0. The lowest BCUT2D eigenvalue weighted by atomic mass is 9.83. The van der Waals surface area contributed by atoms with E-state index in [4.69, 9.17) is 0 Å². The van der Waals surface area contributed by atoms with Crippen LogP contribution in [0.25, 0.3) is 0 Å². The highest BCUT2D eigenvalue weighted by Crippen LogP contribution is 2.52. The molecular formula is C24H23NO2S. The summed E-state index contributed by atoms with van der Waals surface area (Å²) in [7, 11) is -3.59. The zero-order chi connectivity index (χ0) is 19.5. The predicted molar refractivity (Wildman–Crippen MR) is 111 cm³/mol. The molecule has 1 aliphatic heterocycles. The molecule has 1 heterocycles. The fourth-order valence-electron chi connectivity index (χ4n) is 4.98. The molecule has 0 spiro atoms. The van der Waals surface area contributed by atoms with Crippen LogP contribution in [0.3, 0.4) is 0 Å². The third-order valence-corrected chi connectivity index (χ3v) is 8.21. The molecule has 0 saturated heterocycles. The Morgan fingerprint density at radius 2 is 1.43 bits per heavy atom. The van der Waals surface area contributed by atoms with E-state index in [0.717, 1.165) is 11.1 Å². The Morgan fingerprint density at radius 1 is 0.821 bits per heavy atom.